The zero-order chi connectivity index (χ0) is 27.6. The molecule has 3 aliphatic carbocycles. The number of nitrogens with one attached hydrogen (secondary N) is 1. The number of fused-ring (bicyclic) bond motifs is 5. The third-order valence-corrected chi connectivity index (χ3v) is 10.4. The van der Waals surface area contributed by atoms with E-state index in [2.05, 4.69) is 84.1 Å². The molecule has 208 valence electrons. The van der Waals surface area contributed by atoms with Crippen molar-refractivity contribution in [2.24, 2.45) is 17.3 Å². The van der Waals surface area contributed by atoms with Gasteiger partial charge in [-0.2, -0.15) is 0 Å². The van der Waals surface area contributed by atoms with Crippen LogP contribution in [0, 0.1) is 17.3 Å². The molecule has 0 saturated heterocycles. The summed E-state index contributed by atoms with van der Waals surface area (Å²) in [5, 5.41) is 26.7. The molecule has 38 heavy (non-hydrogen) atoms. The van der Waals surface area contributed by atoms with Crippen molar-refractivity contribution in [3.05, 3.63) is 58.1 Å². The highest BCUT2D eigenvalue weighted by molar-refractivity contribution is 5.49. The number of methoxy groups -OCH3 is 1. The molecule has 0 aromatic heterocycles. The van der Waals surface area contributed by atoms with Gasteiger partial charge in [-0.1, -0.05) is 66.7 Å². The lowest BCUT2D eigenvalue weighted by atomic mass is 9.55. The molecule has 0 heterocycles. The van der Waals surface area contributed by atoms with Crippen LogP contribution >= 0.6 is 0 Å². The van der Waals surface area contributed by atoms with E-state index < -0.39 is 0 Å². The zero-order valence-electron chi connectivity index (χ0n) is 24.8. The summed E-state index contributed by atoms with van der Waals surface area (Å²) in [7, 11) is 1.75. The van der Waals surface area contributed by atoms with Crippen molar-refractivity contribution in [2.75, 3.05) is 7.11 Å². The van der Waals surface area contributed by atoms with Gasteiger partial charge in [0, 0.05) is 18.2 Å². The Labute approximate surface area is 230 Å². The zero-order valence-corrected chi connectivity index (χ0v) is 24.8. The van der Waals surface area contributed by atoms with Crippen LogP contribution in [-0.2, 0) is 23.8 Å². The molecule has 2 fully saturated rings. The molecule has 2 aromatic rings. The molecule has 0 bridgehead atoms. The second kappa shape index (κ2) is 9.55. The molecular formula is C34H49NO3. The van der Waals surface area contributed by atoms with E-state index in [1.165, 1.54) is 23.1 Å². The van der Waals surface area contributed by atoms with E-state index in [4.69, 9.17) is 4.74 Å². The molecule has 4 nitrogen and oxygen atoms in total. The summed E-state index contributed by atoms with van der Waals surface area (Å²) in [5.74, 6) is 3.05. The standard InChI is InChI=1S/C34H49NO3/c1-32(2,3)22-15-21(30(36)28(17-22)33(4,5)6)19-35-29-18-27-26-11-9-20-16-23(38-8)10-12-24(20)25(26)13-14-34(27,7)31(29)37/h10,12,15-17,25-27,29,31,35-37H,9,11,13-14,18-19H2,1-8H3/t25-,26-,27+,29+,31-,34+/m1/s1. The van der Waals surface area contributed by atoms with Crippen LogP contribution in [0.15, 0.2) is 30.3 Å². The largest absolute Gasteiger partial charge is 0.507 e. The average molecular weight is 520 g/mol. The maximum atomic E-state index is 11.7. The number of rotatable bonds is 4. The second-order valence-corrected chi connectivity index (χ2v) is 14.7. The highest BCUT2D eigenvalue weighted by Crippen LogP contribution is 2.61. The maximum absolute atomic E-state index is 11.7. The highest BCUT2D eigenvalue weighted by atomic mass is 16.5. The van der Waals surface area contributed by atoms with E-state index in [-0.39, 0.29) is 28.4 Å². The Hall–Kier alpha value is -2.04. The van der Waals surface area contributed by atoms with Gasteiger partial charge in [-0.25, -0.2) is 0 Å². The van der Waals surface area contributed by atoms with Gasteiger partial charge in [0.2, 0.25) is 0 Å². The van der Waals surface area contributed by atoms with E-state index in [1.54, 1.807) is 7.11 Å². The molecule has 3 N–H and O–H groups in total. The van der Waals surface area contributed by atoms with Crippen molar-refractivity contribution in [1.29, 1.82) is 0 Å². The van der Waals surface area contributed by atoms with E-state index in [0.29, 0.717) is 30.0 Å². The van der Waals surface area contributed by atoms with E-state index in [9.17, 15) is 10.2 Å². The topological polar surface area (TPSA) is 61.7 Å². The minimum absolute atomic E-state index is 0.00591. The summed E-state index contributed by atoms with van der Waals surface area (Å²) in [5.41, 5.74) is 5.92. The average Bonchev–Trinajstić information content (AvgIpc) is 3.11. The molecule has 3 aliphatic rings. The Morgan fingerprint density at radius 3 is 2.42 bits per heavy atom. The number of ether oxygens (including phenoxy) is 1. The van der Waals surface area contributed by atoms with Crippen molar-refractivity contribution >= 4 is 0 Å². The number of hydrogen-bond acceptors (Lipinski definition) is 4. The second-order valence-electron chi connectivity index (χ2n) is 14.7. The molecule has 2 saturated carbocycles. The molecule has 5 rings (SSSR count). The Bertz CT molecular complexity index is 1190. The molecule has 6 atom stereocenters. The van der Waals surface area contributed by atoms with Crippen LogP contribution in [0.5, 0.6) is 11.5 Å². The molecule has 0 unspecified atom stereocenters. The lowest BCUT2D eigenvalue weighted by molar-refractivity contribution is -0.0281. The number of hydrogen-bond donors (Lipinski definition) is 3. The number of aryl methyl sites for hydroxylation is 1. The minimum Gasteiger partial charge on any atom is -0.507 e. The van der Waals surface area contributed by atoms with Gasteiger partial charge in [0.25, 0.3) is 0 Å². The molecule has 2 aromatic carbocycles. The predicted octanol–water partition coefficient (Wildman–Crippen LogP) is 6.98. The number of phenolic OH excluding ortho intramolecular Hbond substituents is 1. The molecular weight excluding hydrogens is 470 g/mol. The summed E-state index contributed by atoms with van der Waals surface area (Å²) < 4.78 is 5.49. The van der Waals surface area contributed by atoms with Gasteiger partial charge in [0.15, 0.2) is 0 Å². The van der Waals surface area contributed by atoms with E-state index >= 15 is 0 Å². The Kier molecular flexibility index (Phi) is 6.92. The number of aliphatic hydroxyl groups is 1. The summed E-state index contributed by atoms with van der Waals surface area (Å²) >= 11 is 0. The fraction of sp³-hybridized carbons (Fsp3) is 0.647. The Balaban J connectivity index is 1.37. The van der Waals surface area contributed by atoms with Gasteiger partial charge >= 0.3 is 0 Å². The van der Waals surface area contributed by atoms with Gasteiger partial charge in [0.1, 0.15) is 11.5 Å². The Morgan fingerprint density at radius 1 is 1.03 bits per heavy atom. The molecule has 0 radical (unpaired) electrons. The number of benzene rings is 2. The van der Waals surface area contributed by atoms with Crippen LogP contribution in [-0.4, -0.2) is 29.5 Å². The monoisotopic (exact) mass is 519 g/mol. The Morgan fingerprint density at radius 2 is 1.76 bits per heavy atom. The normalized spacial score (nSPS) is 30.9. The van der Waals surface area contributed by atoms with Gasteiger partial charge in [-0.3, -0.25) is 0 Å². The van der Waals surface area contributed by atoms with Crippen LogP contribution in [0.1, 0.15) is 108 Å². The lowest BCUT2D eigenvalue weighted by Gasteiger charge is -2.50. The third-order valence-electron chi connectivity index (χ3n) is 10.4. The van der Waals surface area contributed by atoms with Crippen molar-refractivity contribution in [3.8, 4) is 11.5 Å². The fourth-order valence-corrected chi connectivity index (χ4v) is 7.98. The first-order valence-corrected chi connectivity index (χ1v) is 14.7. The summed E-state index contributed by atoms with van der Waals surface area (Å²) in [4.78, 5) is 0. The predicted molar refractivity (Wildman–Crippen MR) is 155 cm³/mol. The van der Waals surface area contributed by atoms with Crippen LogP contribution in [0.4, 0.5) is 0 Å². The highest BCUT2D eigenvalue weighted by Gasteiger charge is 2.57. The van der Waals surface area contributed by atoms with Crippen molar-refractivity contribution < 1.29 is 14.9 Å². The first-order valence-electron chi connectivity index (χ1n) is 14.7. The number of aromatic hydroxyl groups is 1. The third kappa shape index (κ3) is 4.66. The first-order chi connectivity index (χ1) is 17.7. The molecule has 0 amide bonds. The van der Waals surface area contributed by atoms with Gasteiger partial charge in [0.05, 0.1) is 13.2 Å². The summed E-state index contributed by atoms with van der Waals surface area (Å²) in [6.45, 7) is 16.1. The smallest absolute Gasteiger partial charge is 0.123 e. The molecule has 0 spiro atoms. The fourth-order valence-electron chi connectivity index (χ4n) is 7.98. The number of aliphatic hydroxyl groups excluding tert-OH is 1. The van der Waals surface area contributed by atoms with Crippen molar-refractivity contribution in [3.63, 3.8) is 0 Å². The van der Waals surface area contributed by atoms with Crippen molar-refractivity contribution in [1.82, 2.24) is 5.32 Å². The summed E-state index contributed by atoms with van der Waals surface area (Å²) in [6.07, 6.45) is 5.11. The van der Waals surface area contributed by atoms with Crippen LogP contribution in [0.3, 0.4) is 0 Å². The first kappa shape index (κ1) is 27.5. The van der Waals surface area contributed by atoms with Gasteiger partial charge in [-0.15, -0.1) is 0 Å². The van der Waals surface area contributed by atoms with Crippen LogP contribution < -0.4 is 10.1 Å². The van der Waals surface area contributed by atoms with Gasteiger partial charge in [-0.05, 0) is 100 Å². The summed E-state index contributed by atoms with van der Waals surface area (Å²) in [6, 6.07) is 11.0. The van der Waals surface area contributed by atoms with E-state index in [0.717, 1.165) is 42.6 Å². The van der Waals surface area contributed by atoms with Crippen LogP contribution in [0.25, 0.3) is 0 Å². The quantitative estimate of drug-likeness (QED) is 0.408. The van der Waals surface area contributed by atoms with Gasteiger partial charge < -0.3 is 20.3 Å². The SMILES string of the molecule is COc1ccc2c(c1)CC[C@@H]1[C@@H]2CC[C@]2(C)[C@H](O)[C@@H](NCc3cc(C(C)(C)C)cc(C(C)(C)C)c3O)C[C@@H]12. The van der Waals surface area contributed by atoms with Crippen molar-refractivity contribution in [2.45, 2.75) is 116 Å². The number of phenols is 1. The van der Waals surface area contributed by atoms with Crippen LogP contribution in [0.2, 0.25) is 0 Å². The minimum atomic E-state index is -0.374. The molecule has 0 aliphatic heterocycles. The van der Waals surface area contributed by atoms with E-state index in [1.807, 2.05) is 0 Å². The molecule has 4 heteroatoms. The lowest BCUT2D eigenvalue weighted by Crippen LogP contribution is -2.46. The maximum Gasteiger partial charge on any atom is 0.123 e.